The molecule has 0 bridgehead atoms. The lowest BCUT2D eigenvalue weighted by Gasteiger charge is -2.29. The molecule has 168 valence electrons. The van der Waals surface area contributed by atoms with Gasteiger partial charge in [-0.15, -0.1) is 0 Å². The van der Waals surface area contributed by atoms with Crippen LogP contribution < -0.4 is 5.32 Å². The van der Waals surface area contributed by atoms with Gasteiger partial charge in [0.05, 0.1) is 36.1 Å². The fourth-order valence-electron chi connectivity index (χ4n) is 4.20. The molecule has 1 fully saturated rings. The number of nitrogens with one attached hydrogen (secondary N) is 1. The second-order valence-corrected chi connectivity index (χ2v) is 8.33. The van der Waals surface area contributed by atoms with Crippen molar-refractivity contribution < 1.29 is 14.6 Å². The van der Waals surface area contributed by atoms with E-state index in [2.05, 4.69) is 15.2 Å². The Morgan fingerprint density at radius 3 is 2.72 bits per heavy atom. The number of aromatic nitrogens is 1. The zero-order valence-electron chi connectivity index (χ0n) is 18.8. The van der Waals surface area contributed by atoms with Crippen LogP contribution in [0.5, 0.6) is 0 Å². The monoisotopic (exact) mass is 433 g/mol. The van der Waals surface area contributed by atoms with Crippen LogP contribution >= 0.6 is 0 Å². The van der Waals surface area contributed by atoms with Crippen molar-refractivity contribution in [2.24, 2.45) is 0 Å². The van der Waals surface area contributed by atoms with E-state index in [1.807, 2.05) is 56.3 Å². The minimum Gasteiger partial charge on any atom is -0.387 e. The molecule has 1 saturated heterocycles. The summed E-state index contributed by atoms with van der Waals surface area (Å²) in [5, 5.41) is 15.4. The maximum Gasteiger partial charge on any atom is 0.166 e. The second-order valence-electron chi connectivity index (χ2n) is 8.33. The number of β-amino-alcohol motifs (C(OH)–C–C–N with tert-alkyl or cyclic N) is 1. The first kappa shape index (κ1) is 22.4. The van der Waals surface area contributed by atoms with Gasteiger partial charge < -0.3 is 15.2 Å². The third-order valence-corrected chi connectivity index (χ3v) is 6.00. The van der Waals surface area contributed by atoms with E-state index in [1.165, 1.54) is 0 Å². The molecule has 0 radical (unpaired) electrons. The fraction of sp³-hybridized carbons (Fsp3) is 0.385. The minimum atomic E-state index is -0.673. The van der Waals surface area contributed by atoms with Crippen LogP contribution in [0.4, 0.5) is 11.4 Å². The van der Waals surface area contributed by atoms with Gasteiger partial charge in [0.1, 0.15) is 0 Å². The van der Waals surface area contributed by atoms with E-state index in [-0.39, 0.29) is 5.78 Å². The number of rotatable bonds is 8. The smallest absolute Gasteiger partial charge is 0.166 e. The number of aliphatic hydroxyl groups is 1. The predicted molar refractivity (Wildman–Crippen MR) is 128 cm³/mol. The number of nitrogens with zero attached hydrogens (tertiary/aromatic N) is 2. The molecule has 3 aromatic rings. The fourth-order valence-corrected chi connectivity index (χ4v) is 4.20. The van der Waals surface area contributed by atoms with Crippen LogP contribution in [0.1, 0.15) is 47.4 Å². The number of Topliss-reactive ketones (excluding diaryl/α,β-unsaturated/α-hetero) is 1. The van der Waals surface area contributed by atoms with E-state index < -0.39 is 6.10 Å². The van der Waals surface area contributed by atoms with Crippen LogP contribution in [-0.2, 0) is 4.74 Å². The zero-order valence-corrected chi connectivity index (χ0v) is 18.8. The Bertz CT molecular complexity index is 1090. The lowest BCUT2D eigenvalue weighted by atomic mass is 9.98. The zero-order chi connectivity index (χ0) is 22.5. The lowest BCUT2D eigenvalue weighted by molar-refractivity contribution is 0.0146. The van der Waals surface area contributed by atoms with Crippen molar-refractivity contribution in [1.82, 2.24) is 9.88 Å². The average Bonchev–Trinajstić information content (AvgIpc) is 2.81. The maximum atomic E-state index is 12.9. The van der Waals surface area contributed by atoms with Crippen LogP contribution in [0.3, 0.4) is 0 Å². The summed E-state index contributed by atoms with van der Waals surface area (Å²) in [6.07, 6.45) is 2.23. The highest BCUT2D eigenvalue weighted by atomic mass is 16.5. The van der Waals surface area contributed by atoms with Crippen molar-refractivity contribution in [2.75, 3.05) is 38.2 Å². The predicted octanol–water partition coefficient (Wildman–Crippen LogP) is 4.64. The molecule has 6 nitrogen and oxygen atoms in total. The summed E-state index contributed by atoms with van der Waals surface area (Å²) in [5.41, 5.74) is 4.87. The number of para-hydroxylation sites is 2. The Morgan fingerprint density at radius 2 is 1.97 bits per heavy atom. The molecule has 1 unspecified atom stereocenters. The SMILES string of the molecule is CCCC(=O)c1cnc2c(C(O)CN3CCOCC3)cccc2c1Nc1ccccc1C. The number of morpholine rings is 1. The highest BCUT2D eigenvalue weighted by Gasteiger charge is 2.22. The first-order valence-corrected chi connectivity index (χ1v) is 11.3. The summed E-state index contributed by atoms with van der Waals surface area (Å²) in [6.45, 7) is 7.57. The largest absolute Gasteiger partial charge is 0.387 e. The molecule has 1 aliphatic heterocycles. The summed E-state index contributed by atoms with van der Waals surface area (Å²) in [4.78, 5) is 19.8. The Kier molecular flexibility index (Phi) is 7.15. The molecule has 2 N–H and O–H groups in total. The molecule has 2 heterocycles. The van der Waals surface area contributed by atoms with Gasteiger partial charge in [0.25, 0.3) is 0 Å². The summed E-state index contributed by atoms with van der Waals surface area (Å²) in [5.74, 6) is 0.0669. The Morgan fingerprint density at radius 1 is 1.19 bits per heavy atom. The molecule has 0 saturated carbocycles. The molecule has 1 aromatic heterocycles. The number of carbonyl (C=O) groups is 1. The average molecular weight is 434 g/mol. The number of pyridine rings is 1. The first-order valence-electron chi connectivity index (χ1n) is 11.3. The quantitative estimate of drug-likeness (QED) is 0.505. The van der Waals surface area contributed by atoms with Gasteiger partial charge in [0.2, 0.25) is 0 Å². The van der Waals surface area contributed by atoms with E-state index >= 15 is 0 Å². The Labute approximate surface area is 189 Å². The molecule has 6 heteroatoms. The van der Waals surface area contributed by atoms with Crippen LogP contribution in [0.2, 0.25) is 0 Å². The van der Waals surface area contributed by atoms with Crippen molar-refractivity contribution in [3.63, 3.8) is 0 Å². The number of benzene rings is 2. The van der Waals surface area contributed by atoms with E-state index in [9.17, 15) is 9.90 Å². The number of ketones is 1. The third-order valence-electron chi connectivity index (χ3n) is 6.00. The van der Waals surface area contributed by atoms with Gasteiger partial charge in [-0.1, -0.05) is 43.3 Å². The summed E-state index contributed by atoms with van der Waals surface area (Å²) in [6, 6.07) is 13.8. The van der Waals surface area contributed by atoms with Crippen molar-refractivity contribution >= 4 is 28.1 Å². The number of anilines is 2. The topological polar surface area (TPSA) is 74.7 Å². The molecule has 2 aromatic carbocycles. The molecular formula is C26H31N3O3. The second kappa shape index (κ2) is 10.2. The highest BCUT2D eigenvalue weighted by molar-refractivity contribution is 6.09. The van der Waals surface area contributed by atoms with Gasteiger partial charge in [-0.3, -0.25) is 14.7 Å². The van der Waals surface area contributed by atoms with Gasteiger partial charge in [-0.05, 0) is 25.0 Å². The van der Waals surface area contributed by atoms with Gasteiger partial charge in [-0.2, -0.15) is 0 Å². The summed E-state index contributed by atoms with van der Waals surface area (Å²) in [7, 11) is 0. The van der Waals surface area contributed by atoms with Gasteiger partial charge in [0.15, 0.2) is 5.78 Å². The molecule has 32 heavy (non-hydrogen) atoms. The summed E-state index contributed by atoms with van der Waals surface area (Å²) >= 11 is 0. The molecule has 4 rings (SSSR count). The number of hydrogen-bond acceptors (Lipinski definition) is 6. The van der Waals surface area contributed by atoms with Crippen LogP contribution in [0.25, 0.3) is 10.9 Å². The molecular weight excluding hydrogens is 402 g/mol. The molecule has 0 spiro atoms. The first-order chi connectivity index (χ1) is 15.6. The minimum absolute atomic E-state index is 0.0669. The van der Waals surface area contributed by atoms with E-state index in [0.717, 1.165) is 52.9 Å². The maximum absolute atomic E-state index is 12.9. The molecule has 1 atom stereocenters. The van der Waals surface area contributed by atoms with Crippen LogP contribution in [-0.4, -0.2) is 53.6 Å². The Balaban J connectivity index is 1.77. The van der Waals surface area contributed by atoms with Crippen molar-refractivity contribution in [2.45, 2.75) is 32.8 Å². The van der Waals surface area contributed by atoms with Crippen molar-refractivity contribution in [3.8, 4) is 0 Å². The van der Waals surface area contributed by atoms with E-state index in [1.54, 1.807) is 6.20 Å². The van der Waals surface area contributed by atoms with Gasteiger partial charge in [0, 0.05) is 48.9 Å². The highest BCUT2D eigenvalue weighted by Crippen LogP contribution is 2.34. The lowest BCUT2D eigenvalue weighted by Crippen LogP contribution is -2.38. The van der Waals surface area contributed by atoms with E-state index in [0.29, 0.717) is 31.7 Å². The molecule has 1 aliphatic rings. The van der Waals surface area contributed by atoms with Crippen molar-refractivity contribution in [3.05, 3.63) is 65.4 Å². The molecule has 0 amide bonds. The van der Waals surface area contributed by atoms with Crippen LogP contribution in [0.15, 0.2) is 48.7 Å². The molecule has 0 aliphatic carbocycles. The van der Waals surface area contributed by atoms with Crippen molar-refractivity contribution in [1.29, 1.82) is 0 Å². The Hall–Kier alpha value is -2.80. The number of hydrogen-bond donors (Lipinski definition) is 2. The summed E-state index contributed by atoms with van der Waals surface area (Å²) < 4.78 is 5.42. The van der Waals surface area contributed by atoms with Crippen LogP contribution in [0, 0.1) is 6.92 Å². The standard InChI is InChI=1S/C26H31N3O3/c1-3-7-23(30)21-16-27-25-19(24(31)17-29-12-14-32-15-13-29)9-6-10-20(25)26(21)28-22-11-5-4-8-18(22)2/h4-6,8-11,16,24,31H,3,7,12-15,17H2,1-2H3,(H,27,28). The normalized spacial score (nSPS) is 15.6. The van der Waals surface area contributed by atoms with Gasteiger partial charge >= 0.3 is 0 Å². The van der Waals surface area contributed by atoms with Gasteiger partial charge in [-0.25, -0.2) is 0 Å². The van der Waals surface area contributed by atoms with E-state index in [4.69, 9.17) is 4.74 Å². The number of carbonyl (C=O) groups excluding carboxylic acids is 1. The number of fused-ring (bicyclic) bond motifs is 1. The third kappa shape index (κ3) is 4.83. The number of ether oxygens (including phenoxy) is 1. The number of aryl methyl sites for hydroxylation is 1. The number of aliphatic hydroxyl groups excluding tert-OH is 1.